The molecule has 2 atom stereocenters. The Morgan fingerprint density at radius 1 is 1.63 bits per heavy atom. The summed E-state index contributed by atoms with van der Waals surface area (Å²) in [6.45, 7) is 6.80. The number of nitrogens with zero attached hydrogens (tertiary/aromatic N) is 1. The standard InChI is InChI=1S/C14H24N2O2S/c1-11(2)12-10-14(4-7-18-12,16-5-8-17-3)13-15-6-9-19-13/h6,9,11-12,16H,4-5,7-8,10H2,1-3H3. The van der Waals surface area contributed by atoms with Crippen LogP contribution in [0, 0.1) is 5.92 Å². The van der Waals surface area contributed by atoms with Crippen molar-refractivity contribution in [3.63, 3.8) is 0 Å². The molecule has 1 aliphatic heterocycles. The zero-order valence-electron chi connectivity index (χ0n) is 12.0. The average molecular weight is 284 g/mol. The van der Waals surface area contributed by atoms with Crippen LogP contribution in [-0.2, 0) is 15.0 Å². The molecule has 1 fully saturated rings. The topological polar surface area (TPSA) is 43.4 Å². The van der Waals surface area contributed by atoms with E-state index in [2.05, 4.69) is 29.5 Å². The van der Waals surface area contributed by atoms with Gasteiger partial charge < -0.3 is 14.8 Å². The van der Waals surface area contributed by atoms with Crippen molar-refractivity contribution in [1.29, 1.82) is 0 Å². The van der Waals surface area contributed by atoms with Crippen molar-refractivity contribution >= 4 is 11.3 Å². The van der Waals surface area contributed by atoms with Gasteiger partial charge in [-0.15, -0.1) is 11.3 Å². The lowest BCUT2D eigenvalue weighted by Gasteiger charge is -2.41. The molecule has 0 bridgehead atoms. The second-order valence-corrected chi connectivity index (χ2v) is 6.34. The fraction of sp³-hybridized carbons (Fsp3) is 0.786. The third-order valence-electron chi connectivity index (χ3n) is 3.77. The number of hydrogen-bond acceptors (Lipinski definition) is 5. The molecule has 1 aliphatic rings. The summed E-state index contributed by atoms with van der Waals surface area (Å²) >= 11 is 1.73. The molecule has 19 heavy (non-hydrogen) atoms. The molecule has 0 amide bonds. The van der Waals surface area contributed by atoms with Crippen LogP contribution < -0.4 is 5.32 Å². The summed E-state index contributed by atoms with van der Waals surface area (Å²) in [5.41, 5.74) is -0.0418. The van der Waals surface area contributed by atoms with Crippen LogP contribution in [0.1, 0.15) is 31.7 Å². The molecule has 1 aromatic heterocycles. The minimum atomic E-state index is -0.0418. The minimum absolute atomic E-state index is 0.0418. The molecule has 1 saturated heterocycles. The Balaban J connectivity index is 2.14. The largest absolute Gasteiger partial charge is 0.383 e. The molecule has 2 rings (SSSR count). The van der Waals surface area contributed by atoms with E-state index < -0.39 is 0 Å². The van der Waals surface area contributed by atoms with E-state index in [1.54, 1.807) is 18.4 Å². The molecule has 0 aromatic carbocycles. The normalized spacial score (nSPS) is 27.9. The molecule has 0 spiro atoms. The van der Waals surface area contributed by atoms with Crippen LogP contribution in [0.3, 0.4) is 0 Å². The molecular weight excluding hydrogens is 260 g/mol. The maximum atomic E-state index is 5.90. The van der Waals surface area contributed by atoms with Crippen molar-refractivity contribution in [2.75, 3.05) is 26.9 Å². The summed E-state index contributed by atoms with van der Waals surface area (Å²) in [6, 6.07) is 0. The monoisotopic (exact) mass is 284 g/mol. The van der Waals surface area contributed by atoms with Gasteiger partial charge in [-0.25, -0.2) is 4.98 Å². The van der Waals surface area contributed by atoms with E-state index in [0.717, 1.165) is 32.6 Å². The van der Waals surface area contributed by atoms with Gasteiger partial charge in [0, 0.05) is 31.8 Å². The zero-order chi connectivity index (χ0) is 13.7. The van der Waals surface area contributed by atoms with Gasteiger partial charge in [0.15, 0.2) is 0 Å². The molecule has 0 radical (unpaired) electrons. The lowest BCUT2D eigenvalue weighted by atomic mass is 9.83. The van der Waals surface area contributed by atoms with E-state index in [9.17, 15) is 0 Å². The first-order valence-electron chi connectivity index (χ1n) is 6.93. The van der Waals surface area contributed by atoms with E-state index in [4.69, 9.17) is 9.47 Å². The van der Waals surface area contributed by atoms with Crippen molar-refractivity contribution in [2.24, 2.45) is 5.92 Å². The van der Waals surface area contributed by atoms with Crippen LogP contribution in [0.2, 0.25) is 0 Å². The average Bonchev–Trinajstić information content (AvgIpc) is 2.94. The van der Waals surface area contributed by atoms with Gasteiger partial charge in [-0.1, -0.05) is 13.8 Å². The number of aromatic nitrogens is 1. The first kappa shape index (κ1) is 14.9. The Bertz CT molecular complexity index is 370. The maximum Gasteiger partial charge on any atom is 0.113 e. The van der Waals surface area contributed by atoms with E-state index in [-0.39, 0.29) is 5.54 Å². The van der Waals surface area contributed by atoms with Crippen molar-refractivity contribution in [1.82, 2.24) is 10.3 Å². The predicted octanol–water partition coefficient (Wildman–Crippen LogP) is 2.41. The van der Waals surface area contributed by atoms with Gasteiger partial charge in [-0.2, -0.15) is 0 Å². The van der Waals surface area contributed by atoms with Crippen LogP contribution in [0.25, 0.3) is 0 Å². The fourth-order valence-corrected chi connectivity index (χ4v) is 3.46. The summed E-state index contributed by atoms with van der Waals surface area (Å²) in [5, 5.41) is 6.90. The highest BCUT2D eigenvalue weighted by Gasteiger charge is 2.40. The molecule has 5 heteroatoms. The first-order chi connectivity index (χ1) is 9.18. The van der Waals surface area contributed by atoms with Crippen molar-refractivity contribution in [2.45, 2.75) is 38.3 Å². The van der Waals surface area contributed by atoms with Crippen LogP contribution in [0.5, 0.6) is 0 Å². The van der Waals surface area contributed by atoms with E-state index in [1.807, 2.05) is 6.20 Å². The highest BCUT2D eigenvalue weighted by molar-refractivity contribution is 7.09. The summed E-state index contributed by atoms with van der Waals surface area (Å²) in [7, 11) is 1.73. The predicted molar refractivity (Wildman–Crippen MR) is 77.5 cm³/mol. The van der Waals surface area contributed by atoms with Crippen LogP contribution in [0.4, 0.5) is 0 Å². The number of rotatable bonds is 6. The molecular formula is C14H24N2O2S. The van der Waals surface area contributed by atoms with Gasteiger partial charge in [0.05, 0.1) is 18.2 Å². The van der Waals surface area contributed by atoms with E-state index >= 15 is 0 Å². The number of hydrogen-bond donors (Lipinski definition) is 1. The molecule has 4 nitrogen and oxygen atoms in total. The number of thiazole rings is 1. The Hall–Kier alpha value is -0.490. The maximum absolute atomic E-state index is 5.90. The number of methoxy groups -OCH3 is 1. The van der Waals surface area contributed by atoms with E-state index in [0.29, 0.717) is 12.0 Å². The summed E-state index contributed by atoms with van der Waals surface area (Å²) in [4.78, 5) is 4.54. The third-order valence-corrected chi connectivity index (χ3v) is 4.74. The van der Waals surface area contributed by atoms with Crippen molar-refractivity contribution in [3.8, 4) is 0 Å². The lowest BCUT2D eigenvalue weighted by molar-refractivity contribution is -0.0544. The highest BCUT2D eigenvalue weighted by atomic mass is 32.1. The van der Waals surface area contributed by atoms with Gasteiger partial charge in [0.2, 0.25) is 0 Å². The fourth-order valence-electron chi connectivity index (χ4n) is 2.60. The molecule has 0 aliphatic carbocycles. The minimum Gasteiger partial charge on any atom is -0.383 e. The van der Waals surface area contributed by atoms with Gasteiger partial charge in [0.25, 0.3) is 0 Å². The highest BCUT2D eigenvalue weighted by Crippen LogP contribution is 2.37. The van der Waals surface area contributed by atoms with Crippen LogP contribution >= 0.6 is 11.3 Å². The number of ether oxygens (including phenoxy) is 2. The third kappa shape index (κ3) is 3.54. The molecule has 108 valence electrons. The van der Waals surface area contributed by atoms with Gasteiger partial charge in [0.1, 0.15) is 5.01 Å². The molecule has 0 saturated carbocycles. The summed E-state index contributed by atoms with van der Waals surface area (Å²) < 4.78 is 11.1. The first-order valence-corrected chi connectivity index (χ1v) is 7.81. The molecule has 1 N–H and O–H groups in total. The zero-order valence-corrected chi connectivity index (χ0v) is 12.8. The van der Waals surface area contributed by atoms with Crippen LogP contribution in [0.15, 0.2) is 11.6 Å². The van der Waals surface area contributed by atoms with Crippen LogP contribution in [-0.4, -0.2) is 38.0 Å². The Labute approximate surface area is 119 Å². The summed E-state index contributed by atoms with van der Waals surface area (Å²) in [5.74, 6) is 0.531. The molecule has 1 aromatic rings. The quantitative estimate of drug-likeness (QED) is 0.815. The lowest BCUT2D eigenvalue weighted by Crippen LogP contribution is -2.51. The SMILES string of the molecule is COCCNC1(c2nccs2)CCOC(C(C)C)C1. The van der Waals surface area contributed by atoms with Gasteiger partial charge in [-0.3, -0.25) is 0 Å². The Morgan fingerprint density at radius 3 is 3.11 bits per heavy atom. The van der Waals surface area contributed by atoms with Gasteiger partial charge in [-0.05, 0) is 18.8 Å². The number of nitrogens with one attached hydrogen (secondary N) is 1. The smallest absolute Gasteiger partial charge is 0.113 e. The second kappa shape index (κ2) is 6.79. The Morgan fingerprint density at radius 2 is 2.47 bits per heavy atom. The van der Waals surface area contributed by atoms with E-state index in [1.165, 1.54) is 5.01 Å². The van der Waals surface area contributed by atoms with Gasteiger partial charge >= 0.3 is 0 Å². The summed E-state index contributed by atoms with van der Waals surface area (Å²) in [6.07, 6.45) is 4.15. The van der Waals surface area contributed by atoms with Crippen molar-refractivity contribution in [3.05, 3.63) is 16.6 Å². The van der Waals surface area contributed by atoms with Crippen molar-refractivity contribution < 1.29 is 9.47 Å². The molecule has 2 heterocycles. The molecule has 2 unspecified atom stereocenters. The second-order valence-electron chi connectivity index (χ2n) is 5.45. The Kier molecular flexibility index (Phi) is 5.33.